The third-order valence-electron chi connectivity index (χ3n) is 4.36. The van der Waals surface area contributed by atoms with Gasteiger partial charge in [-0.2, -0.15) is 0 Å². The van der Waals surface area contributed by atoms with Crippen molar-refractivity contribution in [3.8, 4) is 11.5 Å². The second kappa shape index (κ2) is 6.58. The smallest absolute Gasteiger partial charge is 0.276 e. The Bertz CT molecular complexity index is 666. The lowest BCUT2D eigenvalue weighted by atomic mass is 9.94. The maximum atomic E-state index is 12.6. The average molecular weight is 332 g/mol. The Balaban J connectivity index is 1.82. The van der Waals surface area contributed by atoms with Crippen LogP contribution in [-0.2, 0) is 4.79 Å². The molecule has 1 aliphatic heterocycles. The van der Waals surface area contributed by atoms with Crippen LogP contribution in [0.1, 0.15) is 37.7 Å². The SMILES string of the molecule is COc1ccc(/C=C2\NC(=S)N(C3CCCCC3)C2=O)cc1O. The molecule has 0 atom stereocenters. The van der Waals surface area contributed by atoms with E-state index in [4.69, 9.17) is 17.0 Å². The molecule has 1 amide bonds. The topological polar surface area (TPSA) is 61.8 Å². The van der Waals surface area contributed by atoms with Crippen molar-refractivity contribution in [1.29, 1.82) is 0 Å². The molecule has 1 saturated heterocycles. The molecule has 5 nitrogen and oxygen atoms in total. The average Bonchev–Trinajstić information content (AvgIpc) is 2.82. The van der Waals surface area contributed by atoms with Crippen LogP contribution in [0.4, 0.5) is 0 Å². The van der Waals surface area contributed by atoms with Gasteiger partial charge in [0.1, 0.15) is 5.70 Å². The van der Waals surface area contributed by atoms with E-state index in [9.17, 15) is 9.90 Å². The van der Waals surface area contributed by atoms with E-state index in [-0.39, 0.29) is 17.7 Å². The molecule has 3 rings (SSSR count). The molecular formula is C17H20N2O3S. The molecule has 1 aliphatic carbocycles. The highest BCUT2D eigenvalue weighted by molar-refractivity contribution is 7.80. The normalized spacial score (nSPS) is 20.9. The summed E-state index contributed by atoms with van der Waals surface area (Å²) < 4.78 is 5.02. The van der Waals surface area contributed by atoms with Gasteiger partial charge in [-0.3, -0.25) is 9.69 Å². The predicted molar refractivity (Wildman–Crippen MR) is 92.1 cm³/mol. The van der Waals surface area contributed by atoms with Gasteiger partial charge in [0.15, 0.2) is 16.6 Å². The lowest BCUT2D eigenvalue weighted by molar-refractivity contribution is -0.124. The van der Waals surface area contributed by atoms with E-state index >= 15 is 0 Å². The van der Waals surface area contributed by atoms with Gasteiger partial charge in [0.2, 0.25) is 0 Å². The van der Waals surface area contributed by atoms with Gasteiger partial charge in [0.25, 0.3) is 5.91 Å². The Hall–Kier alpha value is -2.08. The summed E-state index contributed by atoms with van der Waals surface area (Å²) in [5.74, 6) is 0.355. The first-order valence-corrected chi connectivity index (χ1v) is 8.24. The van der Waals surface area contributed by atoms with Gasteiger partial charge < -0.3 is 15.2 Å². The molecule has 0 bridgehead atoms. The summed E-state index contributed by atoms with van der Waals surface area (Å²) in [4.78, 5) is 14.4. The van der Waals surface area contributed by atoms with Crippen LogP contribution in [-0.4, -0.2) is 34.2 Å². The van der Waals surface area contributed by atoms with E-state index in [1.807, 2.05) is 0 Å². The van der Waals surface area contributed by atoms with Crippen LogP contribution in [0.3, 0.4) is 0 Å². The van der Waals surface area contributed by atoms with Crippen LogP contribution in [0.2, 0.25) is 0 Å². The number of carbonyl (C=O) groups is 1. The fourth-order valence-corrected chi connectivity index (χ4v) is 3.52. The molecule has 6 heteroatoms. The van der Waals surface area contributed by atoms with E-state index in [1.165, 1.54) is 13.5 Å². The minimum Gasteiger partial charge on any atom is -0.504 e. The quantitative estimate of drug-likeness (QED) is 0.658. The zero-order valence-electron chi connectivity index (χ0n) is 13.0. The van der Waals surface area contributed by atoms with Crippen LogP contribution >= 0.6 is 12.2 Å². The summed E-state index contributed by atoms with van der Waals surface area (Å²) in [6, 6.07) is 5.21. The van der Waals surface area contributed by atoms with E-state index in [0.717, 1.165) is 25.7 Å². The van der Waals surface area contributed by atoms with Gasteiger partial charge in [-0.05, 0) is 48.8 Å². The number of hydrogen-bond donors (Lipinski definition) is 2. The van der Waals surface area contributed by atoms with Crippen molar-refractivity contribution in [2.45, 2.75) is 38.1 Å². The number of phenolic OH excluding ortho intramolecular Hbond substituents is 1. The number of phenols is 1. The van der Waals surface area contributed by atoms with Gasteiger partial charge in [-0.15, -0.1) is 0 Å². The number of rotatable bonds is 3. The lowest BCUT2D eigenvalue weighted by Crippen LogP contribution is -2.41. The van der Waals surface area contributed by atoms with Gasteiger partial charge in [0, 0.05) is 6.04 Å². The van der Waals surface area contributed by atoms with Crippen molar-refractivity contribution >= 4 is 29.3 Å². The molecule has 0 aromatic heterocycles. The van der Waals surface area contributed by atoms with Crippen molar-refractivity contribution in [3.63, 3.8) is 0 Å². The van der Waals surface area contributed by atoms with Gasteiger partial charge >= 0.3 is 0 Å². The maximum absolute atomic E-state index is 12.6. The van der Waals surface area contributed by atoms with Crippen LogP contribution in [0.25, 0.3) is 6.08 Å². The molecule has 1 aromatic rings. The van der Waals surface area contributed by atoms with Crippen LogP contribution in [0.5, 0.6) is 11.5 Å². The molecule has 1 aromatic carbocycles. The standard InChI is InChI=1S/C17H20N2O3S/c1-22-15-8-7-11(10-14(15)20)9-13-16(21)19(17(23)18-13)12-5-3-2-4-6-12/h7-10,12,20H,2-6H2,1H3,(H,18,23)/b13-9-. The minimum absolute atomic E-state index is 0.0407. The Morgan fingerprint density at radius 2 is 2.09 bits per heavy atom. The lowest BCUT2D eigenvalue weighted by Gasteiger charge is -2.29. The molecule has 2 aliphatic rings. The fourth-order valence-electron chi connectivity index (χ4n) is 3.18. The number of ether oxygens (including phenoxy) is 1. The second-order valence-electron chi connectivity index (χ2n) is 5.89. The zero-order valence-corrected chi connectivity index (χ0v) is 13.9. The molecule has 122 valence electrons. The summed E-state index contributed by atoms with van der Waals surface area (Å²) in [7, 11) is 1.50. The molecule has 2 N–H and O–H groups in total. The number of nitrogens with one attached hydrogen (secondary N) is 1. The van der Waals surface area contributed by atoms with Gasteiger partial charge in [-0.25, -0.2) is 0 Å². The molecule has 2 fully saturated rings. The van der Waals surface area contributed by atoms with Crippen LogP contribution in [0.15, 0.2) is 23.9 Å². The third-order valence-corrected chi connectivity index (χ3v) is 4.66. The molecule has 1 saturated carbocycles. The Morgan fingerprint density at radius 1 is 1.35 bits per heavy atom. The summed E-state index contributed by atoms with van der Waals surface area (Å²) in [6.45, 7) is 0. The molecule has 0 unspecified atom stereocenters. The highest BCUT2D eigenvalue weighted by atomic mass is 32.1. The van der Waals surface area contributed by atoms with Crippen molar-refractivity contribution in [2.75, 3.05) is 7.11 Å². The number of thiocarbonyl (C=S) groups is 1. The maximum Gasteiger partial charge on any atom is 0.276 e. The van der Waals surface area contributed by atoms with Crippen LogP contribution in [0, 0.1) is 0 Å². The van der Waals surface area contributed by atoms with Crippen molar-refractivity contribution in [1.82, 2.24) is 10.2 Å². The van der Waals surface area contributed by atoms with Crippen LogP contribution < -0.4 is 10.1 Å². The molecular weight excluding hydrogens is 312 g/mol. The second-order valence-corrected chi connectivity index (χ2v) is 6.27. The van der Waals surface area contributed by atoms with E-state index < -0.39 is 0 Å². The molecule has 0 spiro atoms. The number of methoxy groups -OCH3 is 1. The molecule has 1 heterocycles. The Labute approximate surface area is 140 Å². The summed E-state index contributed by atoms with van der Waals surface area (Å²) >= 11 is 5.34. The van der Waals surface area contributed by atoms with Gasteiger partial charge in [-0.1, -0.05) is 25.3 Å². The van der Waals surface area contributed by atoms with E-state index in [0.29, 0.717) is 22.1 Å². The number of hydrogen-bond acceptors (Lipinski definition) is 4. The molecule has 0 radical (unpaired) electrons. The summed E-state index contributed by atoms with van der Waals surface area (Å²) in [6.07, 6.45) is 7.22. The predicted octanol–water partition coefficient (Wildman–Crippen LogP) is 2.79. The monoisotopic (exact) mass is 332 g/mol. The number of benzene rings is 1. The zero-order chi connectivity index (χ0) is 16.4. The van der Waals surface area contributed by atoms with Crippen molar-refractivity contribution in [2.24, 2.45) is 0 Å². The fraction of sp³-hybridized carbons (Fsp3) is 0.412. The number of nitrogens with zero attached hydrogens (tertiary/aromatic N) is 1. The highest BCUT2D eigenvalue weighted by Crippen LogP contribution is 2.29. The number of carbonyl (C=O) groups excluding carboxylic acids is 1. The first kappa shape index (κ1) is 15.8. The van der Waals surface area contributed by atoms with E-state index in [1.54, 1.807) is 29.2 Å². The summed E-state index contributed by atoms with van der Waals surface area (Å²) in [5.41, 5.74) is 1.16. The highest BCUT2D eigenvalue weighted by Gasteiger charge is 2.36. The Kier molecular flexibility index (Phi) is 4.52. The van der Waals surface area contributed by atoms with Gasteiger partial charge in [0.05, 0.1) is 7.11 Å². The minimum atomic E-state index is -0.0859. The number of amides is 1. The first-order chi connectivity index (χ1) is 11.1. The largest absolute Gasteiger partial charge is 0.504 e. The third kappa shape index (κ3) is 3.17. The number of aromatic hydroxyl groups is 1. The van der Waals surface area contributed by atoms with Crippen molar-refractivity contribution in [3.05, 3.63) is 29.5 Å². The molecule has 23 heavy (non-hydrogen) atoms. The van der Waals surface area contributed by atoms with Crippen molar-refractivity contribution < 1.29 is 14.6 Å². The summed E-state index contributed by atoms with van der Waals surface area (Å²) in [5, 5.41) is 13.3. The van der Waals surface area contributed by atoms with E-state index in [2.05, 4.69) is 5.32 Å². The first-order valence-electron chi connectivity index (χ1n) is 7.83. The Morgan fingerprint density at radius 3 is 2.74 bits per heavy atom.